The van der Waals surface area contributed by atoms with Crippen LogP contribution in [0.2, 0.25) is 0 Å². The topological polar surface area (TPSA) is 79.8 Å². The first kappa shape index (κ1) is 17.7. The smallest absolute Gasteiger partial charge is 0.347 e. The number of halogens is 3. The van der Waals surface area contributed by atoms with Crippen LogP contribution in [0.1, 0.15) is 17.0 Å². The molecule has 2 heterocycles. The Balaban J connectivity index is 1.69. The number of rotatable bonds is 4. The number of carbonyl (C=O) groups is 1. The molecule has 1 aromatic carbocycles. The Morgan fingerprint density at radius 3 is 2.73 bits per heavy atom. The molecule has 2 N–H and O–H groups in total. The van der Waals surface area contributed by atoms with E-state index in [1.165, 1.54) is 0 Å². The van der Waals surface area contributed by atoms with Crippen molar-refractivity contribution in [1.29, 1.82) is 0 Å². The highest BCUT2D eigenvalue weighted by Gasteiger charge is 2.31. The van der Waals surface area contributed by atoms with Crippen LogP contribution in [0.15, 0.2) is 41.3 Å². The lowest BCUT2D eigenvalue weighted by molar-refractivity contribution is -0.138. The first-order chi connectivity index (χ1) is 12.2. The summed E-state index contributed by atoms with van der Waals surface area (Å²) in [6.45, 7) is 1.47. The molecule has 0 aliphatic carbocycles. The van der Waals surface area contributed by atoms with E-state index in [1.807, 2.05) is 25.1 Å². The Labute approximate surface area is 145 Å². The summed E-state index contributed by atoms with van der Waals surface area (Å²) in [7, 11) is 0. The van der Waals surface area contributed by atoms with Gasteiger partial charge in [-0.05, 0) is 24.6 Å². The molecule has 0 atom stereocenters. The van der Waals surface area contributed by atoms with E-state index in [4.69, 9.17) is 0 Å². The fourth-order valence-electron chi connectivity index (χ4n) is 2.53. The largest absolute Gasteiger partial charge is 0.417 e. The number of hydrogen-bond donors (Lipinski definition) is 2. The summed E-state index contributed by atoms with van der Waals surface area (Å²) in [5, 5.41) is 2.54. The van der Waals surface area contributed by atoms with Crippen molar-refractivity contribution in [2.45, 2.75) is 26.2 Å². The molecule has 26 heavy (non-hydrogen) atoms. The van der Waals surface area contributed by atoms with Gasteiger partial charge in [0.2, 0.25) is 5.91 Å². The van der Waals surface area contributed by atoms with Gasteiger partial charge in [0.25, 0.3) is 5.56 Å². The number of aromatic amines is 1. The highest BCUT2D eigenvalue weighted by Crippen LogP contribution is 2.27. The lowest BCUT2D eigenvalue weighted by Crippen LogP contribution is -2.32. The molecule has 0 bridgehead atoms. The maximum Gasteiger partial charge on any atom is 0.417 e. The Kier molecular flexibility index (Phi) is 4.54. The number of amides is 1. The van der Waals surface area contributed by atoms with Gasteiger partial charge in [-0.1, -0.05) is 12.1 Å². The average molecular weight is 364 g/mol. The predicted molar refractivity (Wildman–Crippen MR) is 88.4 cm³/mol. The van der Waals surface area contributed by atoms with E-state index in [1.54, 1.807) is 0 Å². The second kappa shape index (κ2) is 6.66. The number of para-hydroxylation sites is 1. The number of aromatic nitrogens is 3. The number of imidazole rings is 1. The summed E-state index contributed by atoms with van der Waals surface area (Å²) in [4.78, 5) is 31.1. The number of benzene rings is 1. The van der Waals surface area contributed by atoms with E-state index in [0.717, 1.165) is 27.2 Å². The molecule has 0 aliphatic heterocycles. The highest BCUT2D eigenvalue weighted by atomic mass is 19.4. The van der Waals surface area contributed by atoms with Crippen molar-refractivity contribution in [2.75, 3.05) is 0 Å². The molecule has 0 saturated heterocycles. The van der Waals surface area contributed by atoms with E-state index < -0.39 is 29.8 Å². The minimum Gasteiger partial charge on any atom is -0.347 e. The zero-order valence-electron chi connectivity index (χ0n) is 13.7. The van der Waals surface area contributed by atoms with Gasteiger partial charge < -0.3 is 14.9 Å². The van der Waals surface area contributed by atoms with E-state index in [9.17, 15) is 22.8 Å². The van der Waals surface area contributed by atoms with Gasteiger partial charge in [0.15, 0.2) is 0 Å². The number of aryl methyl sites for hydroxylation is 1. The number of pyridine rings is 1. The maximum absolute atomic E-state index is 12.7. The third kappa shape index (κ3) is 3.76. The Hall–Kier alpha value is -3.10. The van der Waals surface area contributed by atoms with Gasteiger partial charge in [-0.25, -0.2) is 4.98 Å². The molecule has 136 valence electrons. The molecule has 0 spiro atoms. The standard InChI is InChI=1S/C17H15F3N4O2/c1-10-3-2-4-12-16(10)23-13(22-12)7-21-14(25)9-24-8-11(17(18,19)20)5-6-15(24)26/h2-6,8H,7,9H2,1H3,(H,21,25)(H,22,23). The maximum atomic E-state index is 12.7. The van der Waals surface area contributed by atoms with Gasteiger partial charge in [-0.2, -0.15) is 13.2 Å². The quantitative estimate of drug-likeness (QED) is 0.746. The Morgan fingerprint density at radius 2 is 2.04 bits per heavy atom. The van der Waals surface area contributed by atoms with Crippen LogP contribution in [0.4, 0.5) is 13.2 Å². The van der Waals surface area contributed by atoms with Crippen molar-refractivity contribution in [3.63, 3.8) is 0 Å². The van der Waals surface area contributed by atoms with Gasteiger partial charge in [-0.15, -0.1) is 0 Å². The summed E-state index contributed by atoms with van der Waals surface area (Å²) in [6.07, 6.45) is -3.95. The first-order valence-corrected chi connectivity index (χ1v) is 7.72. The summed E-state index contributed by atoms with van der Waals surface area (Å²) in [5.41, 5.74) is 0.909. The number of H-pyrrole nitrogens is 1. The number of hydrogen-bond acceptors (Lipinski definition) is 3. The molecule has 0 aliphatic rings. The van der Waals surface area contributed by atoms with Crippen LogP contribution in [0.5, 0.6) is 0 Å². The molecule has 0 saturated carbocycles. The van der Waals surface area contributed by atoms with Gasteiger partial charge in [0.05, 0.1) is 23.1 Å². The Morgan fingerprint density at radius 1 is 1.27 bits per heavy atom. The van der Waals surface area contributed by atoms with Crippen LogP contribution in [-0.4, -0.2) is 20.4 Å². The number of alkyl halides is 3. The van der Waals surface area contributed by atoms with E-state index in [2.05, 4.69) is 15.3 Å². The molecule has 0 unspecified atom stereocenters. The average Bonchev–Trinajstić information content (AvgIpc) is 2.98. The SMILES string of the molecule is Cc1cccc2[nH]c(CNC(=O)Cn3cc(C(F)(F)F)ccc3=O)nc12. The zero-order valence-corrected chi connectivity index (χ0v) is 13.7. The van der Waals surface area contributed by atoms with E-state index in [0.29, 0.717) is 18.1 Å². The van der Waals surface area contributed by atoms with E-state index in [-0.39, 0.29) is 6.54 Å². The lowest BCUT2D eigenvalue weighted by atomic mass is 10.2. The summed E-state index contributed by atoms with van der Waals surface area (Å²) in [5.74, 6) is -0.0809. The van der Waals surface area contributed by atoms with Crippen LogP contribution in [0, 0.1) is 6.92 Å². The summed E-state index contributed by atoms with van der Waals surface area (Å²) < 4.78 is 38.9. The van der Waals surface area contributed by atoms with Crippen molar-refractivity contribution in [2.24, 2.45) is 0 Å². The van der Waals surface area contributed by atoms with Gasteiger partial charge in [0.1, 0.15) is 12.4 Å². The summed E-state index contributed by atoms with van der Waals surface area (Å²) >= 11 is 0. The third-order valence-corrected chi connectivity index (χ3v) is 3.84. The second-order valence-electron chi connectivity index (χ2n) is 5.81. The van der Waals surface area contributed by atoms with Crippen molar-refractivity contribution < 1.29 is 18.0 Å². The summed E-state index contributed by atoms with van der Waals surface area (Å²) in [6, 6.07) is 7.11. The van der Waals surface area contributed by atoms with Crippen LogP contribution in [0.25, 0.3) is 11.0 Å². The molecule has 9 heteroatoms. The molecule has 3 aromatic rings. The Bertz CT molecular complexity index is 1020. The fraction of sp³-hybridized carbons (Fsp3) is 0.235. The number of carbonyl (C=O) groups excluding carboxylic acids is 1. The van der Waals surface area contributed by atoms with Crippen molar-refractivity contribution in [3.8, 4) is 0 Å². The molecule has 2 aromatic heterocycles. The number of fused-ring (bicyclic) bond motifs is 1. The van der Waals surface area contributed by atoms with Crippen LogP contribution in [0.3, 0.4) is 0 Å². The molecule has 1 amide bonds. The van der Waals surface area contributed by atoms with Crippen molar-refractivity contribution in [1.82, 2.24) is 19.9 Å². The second-order valence-corrected chi connectivity index (χ2v) is 5.81. The molecular formula is C17H15F3N4O2. The predicted octanol–water partition coefficient (Wildman–Crippen LogP) is 2.37. The zero-order chi connectivity index (χ0) is 18.9. The van der Waals surface area contributed by atoms with Crippen LogP contribution < -0.4 is 10.9 Å². The lowest BCUT2D eigenvalue weighted by Gasteiger charge is -2.10. The minimum atomic E-state index is -4.59. The van der Waals surface area contributed by atoms with Gasteiger partial charge in [0, 0.05) is 12.3 Å². The fourth-order valence-corrected chi connectivity index (χ4v) is 2.53. The molecular weight excluding hydrogens is 349 g/mol. The van der Waals surface area contributed by atoms with Gasteiger partial charge >= 0.3 is 6.18 Å². The van der Waals surface area contributed by atoms with Crippen LogP contribution >= 0.6 is 0 Å². The van der Waals surface area contributed by atoms with Crippen molar-refractivity contribution in [3.05, 3.63) is 63.8 Å². The molecule has 0 radical (unpaired) electrons. The number of nitrogens with one attached hydrogen (secondary N) is 2. The van der Waals surface area contributed by atoms with Crippen molar-refractivity contribution >= 4 is 16.9 Å². The molecule has 0 fully saturated rings. The van der Waals surface area contributed by atoms with Gasteiger partial charge in [-0.3, -0.25) is 9.59 Å². The molecule has 6 nitrogen and oxygen atoms in total. The first-order valence-electron chi connectivity index (χ1n) is 7.72. The third-order valence-electron chi connectivity index (χ3n) is 3.84. The molecule has 3 rings (SSSR count). The van der Waals surface area contributed by atoms with Crippen LogP contribution in [-0.2, 0) is 24.1 Å². The minimum absolute atomic E-state index is 0.0701. The normalized spacial score (nSPS) is 11.7. The monoisotopic (exact) mass is 364 g/mol. The van der Waals surface area contributed by atoms with E-state index >= 15 is 0 Å². The highest BCUT2D eigenvalue weighted by molar-refractivity contribution is 5.79. The number of nitrogens with zero attached hydrogens (tertiary/aromatic N) is 2.